The lowest BCUT2D eigenvalue weighted by atomic mass is 10.0. The van der Waals surface area contributed by atoms with Crippen LogP contribution in [0.1, 0.15) is 64.9 Å². The first-order chi connectivity index (χ1) is 24.8. The van der Waals surface area contributed by atoms with E-state index in [1.165, 1.54) is 12.1 Å². The first-order valence-corrected chi connectivity index (χ1v) is 16.2. The van der Waals surface area contributed by atoms with Crippen LogP contribution in [0.15, 0.2) is 41.2 Å². The maximum Gasteiger partial charge on any atom is 0.326 e. The van der Waals surface area contributed by atoms with E-state index in [4.69, 9.17) is 11.5 Å². The number of fused-ring (bicyclic) bond motifs is 2. The van der Waals surface area contributed by atoms with Gasteiger partial charge in [-0.15, -0.1) is 11.5 Å². The Morgan fingerprint density at radius 2 is 1.77 bits per heavy atom. The summed E-state index contributed by atoms with van der Waals surface area (Å²) in [5.74, 6) is -2.12. The number of carbonyl (C=O) groups is 5. The second-order valence-corrected chi connectivity index (χ2v) is 12.2. The minimum Gasteiger partial charge on any atom is -0.480 e. The zero-order valence-electron chi connectivity index (χ0n) is 27.9. The predicted molar refractivity (Wildman–Crippen MR) is 182 cm³/mol. The molecule has 4 aromatic rings. The molecule has 0 unspecified atom stereocenters. The van der Waals surface area contributed by atoms with E-state index in [9.17, 15) is 39.0 Å². The Kier molecular flexibility index (Phi) is 11.2. The van der Waals surface area contributed by atoms with E-state index in [-0.39, 0.29) is 48.8 Å². The molecule has 0 fully saturated rings. The van der Waals surface area contributed by atoms with Crippen molar-refractivity contribution >= 4 is 46.3 Å². The van der Waals surface area contributed by atoms with Crippen molar-refractivity contribution in [2.45, 2.75) is 70.1 Å². The number of hydrogen-bond acceptors (Lipinski definition) is 11. The molecule has 18 nitrogen and oxygen atoms in total. The van der Waals surface area contributed by atoms with Crippen molar-refractivity contribution in [1.82, 2.24) is 40.8 Å². The van der Waals surface area contributed by atoms with E-state index in [1.807, 2.05) is 17.0 Å². The molecule has 2 aromatic carbocycles. The summed E-state index contributed by atoms with van der Waals surface area (Å²) in [4.78, 5) is 82.2. The Labute approximate surface area is 295 Å². The number of terminal acetylenes is 1. The fourth-order valence-corrected chi connectivity index (χ4v) is 6.17. The van der Waals surface area contributed by atoms with Crippen LogP contribution in [0.5, 0.6) is 0 Å². The van der Waals surface area contributed by atoms with Gasteiger partial charge >= 0.3 is 17.9 Å². The molecule has 0 spiro atoms. The quantitative estimate of drug-likeness (QED) is 0.0869. The molecule has 1 aliphatic rings. The summed E-state index contributed by atoms with van der Waals surface area (Å²) in [6.45, 7) is 1.44. The lowest BCUT2D eigenvalue weighted by Crippen LogP contribution is -2.44. The Morgan fingerprint density at radius 1 is 1.06 bits per heavy atom. The number of tetrazole rings is 1. The van der Waals surface area contributed by atoms with Crippen LogP contribution in [0.3, 0.4) is 0 Å². The zero-order chi connectivity index (χ0) is 37.5. The van der Waals surface area contributed by atoms with E-state index in [2.05, 4.69) is 42.0 Å². The molecule has 6 N–H and O–H groups in total. The summed E-state index contributed by atoms with van der Waals surface area (Å²) >= 11 is 0. The van der Waals surface area contributed by atoms with Gasteiger partial charge in [0.1, 0.15) is 24.5 Å². The standard InChI is InChI=1S/C34H35N9O9/c1-3-14-42(27-11-6-20-15-26-23(16-22(20)27)32(48)36-18(2)35-26)21-7-4-19(5-8-21)31(47)38-25(34(51)52)10-13-29(44)37-24(33(49)50)9-12-28-39-40-41-43(28)17-30(45)46/h1,4-5,7-8,15-16,24-25,27H,6,9-14,17H2,2H3,(H,37,44)(H,38,47)(H,45,46)(H,49,50)(H,51,52)(H,35,36,48)/t24-,25-,27-/m0/s1. The molecule has 270 valence electrons. The van der Waals surface area contributed by atoms with Crippen LogP contribution < -0.4 is 21.1 Å². The van der Waals surface area contributed by atoms with Crippen LogP contribution >= 0.6 is 0 Å². The molecule has 5 rings (SSSR count). The molecule has 2 aromatic heterocycles. The number of aromatic nitrogens is 6. The first-order valence-electron chi connectivity index (χ1n) is 16.2. The predicted octanol–water partition coefficient (Wildman–Crippen LogP) is 0.595. The SMILES string of the molecule is C#CCN(c1ccc(C(=O)N[C@@H](CCC(=O)N[C@@H](CCc2nnnn2CC(=O)O)C(=O)O)C(=O)O)cc1)[C@H]1CCc2cc3nc(C)[nH]c(=O)c3cc21. The van der Waals surface area contributed by atoms with E-state index in [1.54, 1.807) is 19.1 Å². The number of carboxylic acid groups (broad SMARTS) is 3. The van der Waals surface area contributed by atoms with Gasteiger partial charge in [0, 0.05) is 24.1 Å². The summed E-state index contributed by atoms with van der Waals surface area (Å²) in [7, 11) is 0. The number of carboxylic acids is 3. The highest BCUT2D eigenvalue weighted by Crippen LogP contribution is 2.39. The molecule has 0 saturated heterocycles. The molecular formula is C34H35N9O9. The topological polar surface area (TPSA) is 263 Å². The van der Waals surface area contributed by atoms with Crippen molar-refractivity contribution in [2.24, 2.45) is 0 Å². The van der Waals surface area contributed by atoms with Crippen molar-refractivity contribution in [3.63, 3.8) is 0 Å². The minimum atomic E-state index is -1.47. The highest BCUT2D eigenvalue weighted by molar-refractivity contribution is 5.97. The Morgan fingerprint density at radius 3 is 2.44 bits per heavy atom. The third-order valence-corrected chi connectivity index (χ3v) is 8.67. The molecule has 0 bridgehead atoms. The van der Waals surface area contributed by atoms with E-state index < -0.39 is 54.8 Å². The average molecular weight is 714 g/mol. The van der Waals surface area contributed by atoms with Crippen LogP contribution in [0.2, 0.25) is 0 Å². The number of hydrogen-bond donors (Lipinski definition) is 6. The lowest BCUT2D eigenvalue weighted by Gasteiger charge is -2.30. The van der Waals surface area contributed by atoms with E-state index in [0.717, 1.165) is 28.7 Å². The minimum absolute atomic E-state index is 0.0612. The number of H-pyrrole nitrogens is 1. The average Bonchev–Trinajstić information content (AvgIpc) is 3.71. The second kappa shape index (κ2) is 15.9. The van der Waals surface area contributed by atoms with Gasteiger partial charge in [0.05, 0.1) is 23.5 Å². The maximum absolute atomic E-state index is 13.1. The van der Waals surface area contributed by atoms with Gasteiger partial charge in [0.15, 0.2) is 5.82 Å². The smallest absolute Gasteiger partial charge is 0.326 e. The number of carbonyl (C=O) groups excluding carboxylic acids is 2. The van der Waals surface area contributed by atoms with E-state index >= 15 is 0 Å². The molecule has 2 amide bonds. The highest BCUT2D eigenvalue weighted by atomic mass is 16.4. The monoisotopic (exact) mass is 713 g/mol. The second-order valence-electron chi connectivity index (χ2n) is 12.2. The van der Waals surface area contributed by atoms with Crippen LogP contribution in [0, 0.1) is 19.3 Å². The Bertz CT molecular complexity index is 2120. The molecule has 52 heavy (non-hydrogen) atoms. The molecule has 0 radical (unpaired) electrons. The van der Waals surface area contributed by atoms with Crippen molar-refractivity contribution in [3.05, 3.63) is 75.1 Å². The van der Waals surface area contributed by atoms with Gasteiger partial charge in [0.2, 0.25) is 5.91 Å². The number of nitrogens with one attached hydrogen (secondary N) is 3. The zero-order valence-corrected chi connectivity index (χ0v) is 27.9. The normalized spacial score (nSPS) is 14.5. The summed E-state index contributed by atoms with van der Waals surface area (Å²) in [5, 5.41) is 44.1. The molecule has 18 heteroatoms. The number of aliphatic carboxylic acids is 3. The largest absolute Gasteiger partial charge is 0.480 e. The summed E-state index contributed by atoms with van der Waals surface area (Å²) in [5.41, 5.74) is 3.28. The molecule has 0 saturated carbocycles. The number of aromatic amines is 1. The number of amides is 2. The first kappa shape index (κ1) is 36.6. The molecule has 3 atom stereocenters. The molecular weight excluding hydrogens is 678 g/mol. The summed E-state index contributed by atoms with van der Waals surface area (Å²) in [6.07, 6.45) is 6.24. The van der Waals surface area contributed by atoms with Crippen molar-refractivity contribution in [3.8, 4) is 12.3 Å². The Balaban J connectivity index is 1.20. The molecule has 1 aliphatic carbocycles. The van der Waals surface area contributed by atoms with Crippen LogP contribution in [0.4, 0.5) is 5.69 Å². The number of benzene rings is 2. The van der Waals surface area contributed by atoms with Gasteiger partial charge in [0.25, 0.3) is 11.5 Å². The van der Waals surface area contributed by atoms with Gasteiger partial charge < -0.3 is 35.8 Å². The van der Waals surface area contributed by atoms with Crippen LogP contribution in [0.25, 0.3) is 10.9 Å². The number of aryl methyl sites for hydroxylation is 3. The van der Waals surface area contributed by atoms with Crippen molar-refractivity contribution in [1.29, 1.82) is 0 Å². The molecule has 0 aliphatic heterocycles. The van der Waals surface area contributed by atoms with Crippen LogP contribution in [-0.4, -0.2) is 93.8 Å². The van der Waals surface area contributed by atoms with Gasteiger partial charge in [-0.1, -0.05) is 5.92 Å². The third kappa shape index (κ3) is 8.56. The van der Waals surface area contributed by atoms with Gasteiger partial charge in [-0.3, -0.25) is 19.2 Å². The van der Waals surface area contributed by atoms with Gasteiger partial charge in [-0.2, -0.15) is 0 Å². The maximum atomic E-state index is 13.1. The number of nitrogens with zero attached hydrogens (tertiary/aromatic N) is 6. The van der Waals surface area contributed by atoms with Crippen LogP contribution in [-0.2, 0) is 38.6 Å². The molecule has 2 heterocycles. The third-order valence-electron chi connectivity index (χ3n) is 8.67. The highest BCUT2D eigenvalue weighted by Gasteiger charge is 2.30. The fourth-order valence-electron chi connectivity index (χ4n) is 6.17. The Hall–Kier alpha value is -6.64. The van der Waals surface area contributed by atoms with Crippen molar-refractivity contribution in [2.75, 3.05) is 11.4 Å². The van der Waals surface area contributed by atoms with Gasteiger partial charge in [-0.05, 0) is 90.6 Å². The van der Waals surface area contributed by atoms with E-state index in [0.29, 0.717) is 22.4 Å². The summed E-state index contributed by atoms with van der Waals surface area (Å²) < 4.78 is 0.989. The number of anilines is 1. The number of rotatable bonds is 16. The fraction of sp³-hybridized carbons (Fsp3) is 0.353. The lowest BCUT2D eigenvalue weighted by molar-refractivity contribution is -0.142. The summed E-state index contributed by atoms with van der Waals surface area (Å²) in [6, 6.07) is 7.21. The van der Waals surface area contributed by atoms with Gasteiger partial charge in [-0.25, -0.2) is 19.3 Å². The van der Waals surface area contributed by atoms with Crippen molar-refractivity contribution < 1.29 is 39.3 Å².